The van der Waals surface area contributed by atoms with Crippen molar-refractivity contribution in [3.05, 3.63) is 41.9 Å². The molecule has 0 saturated carbocycles. The van der Waals surface area contributed by atoms with Crippen molar-refractivity contribution < 1.29 is 4.52 Å². The Kier molecular flexibility index (Phi) is 3.16. The molecule has 0 spiro atoms. The second kappa shape index (κ2) is 5.12. The molecule has 2 aromatic heterocycles. The molecule has 0 saturated heterocycles. The highest BCUT2D eigenvalue weighted by Crippen LogP contribution is 2.16. The van der Waals surface area contributed by atoms with Crippen molar-refractivity contribution in [2.45, 2.75) is 19.9 Å². The maximum absolute atomic E-state index is 5.74. The third-order valence-corrected chi connectivity index (χ3v) is 2.99. The van der Waals surface area contributed by atoms with Crippen molar-refractivity contribution in [2.75, 3.05) is 5.73 Å². The summed E-state index contributed by atoms with van der Waals surface area (Å²) in [5.74, 6) is 1.48. The lowest BCUT2D eigenvalue weighted by Crippen LogP contribution is -2.07. The lowest BCUT2D eigenvalue weighted by molar-refractivity contribution is 0.363. The van der Waals surface area contributed by atoms with Gasteiger partial charge in [0, 0.05) is 5.56 Å². The van der Waals surface area contributed by atoms with E-state index in [1.54, 1.807) is 4.68 Å². The van der Waals surface area contributed by atoms with Gasteiger partial charge in [-0.25, -0.2) is 4.68 Å². The number of hydrogen-bond acceptors (Lipinski definition) is 6. The minimum atomic E-state index is 0.368. The van der Waals surface area contributed by atoms with E-state index in [9.17, 15) is 0 Å². The van der Waals surface area contributed by atoms with Crippen LogP contribution in [0.1, 0.15) is 18.5 Å². The van der Waals surface area contributed by atoms with E-state index in [-0.39, 0.29) is 0 Å². The fourth-order valence-corrected chi connectivity index (χ4v) is 1.99. The summed E-state index contributed by atoms with van der Waals surface area (Å²) in [5.41, 5.74) is 7.52. The Balaban J connectivity index is 1.84. The van der Waals surface area contributed by atoms with Crippen molar-refractivity contribution in [3.63, 3.8) is 0 Å². The van der Waals surface area contributed by atoms with Crippen molar-refractivity contribution in [1.82, 2.24) is 25.1 Å². The summed E-state index contributed by atoms with van der Waals surface area (Å²) in [4.78, 5) is 4.35. The monoisotopic (exact) mass is 270 g/mol. The fourth-order valence-electron chi connectivity index (χ4n) is 1.99. The molecule has 0 aliphatic rings. The zero-order chi connectivity index (χ0) is 13.9. The summed E-state index contributed by atoms with van der Waals surface area (Å²) in [6.45, 7) is 2.36. The average molecular weight is 270 g/mol. The number of aromatic nitrogens is 5. The van der Waals surface area contributed by atoms with Crippen LogP contribution in [-0.2, 0) is 13.0 Å². The number of hydrogen-bond donors (Lipinski definition) is 1. The highest BCUT2D eigenvalue weighted by atomic mass is 16.5. The third kappa shape index (κ3) is 2.25. The molecule has 0 aliphatic carbocycles. The summed E-state index contributed by atoms with van der Waals surface area (Å²) in [5, 5.41) is 11.8. The minimum Gasteiger partial charge on any atom is -0.381 e. The van der Waals surface area contributed by atoms with E-state index in [1.165, 1.54) is 0 Å². The number of anilines is 1. The highest BCUT2D eigenvalue weighted by Gasteiger charge is 2.13. The number of benzene rings is 1. The van der Waals surface area contributed by atoms with Gasteiger partial charge in [-0.05, 0) is 6.42 Å². The zero-order valence-electron chi connectivity index (χ0n) is 11.0. The van der Waals surface area contributed by atoms with Crippen molar-refractivity contribution in [3.8, 4) is 11.4 Å². The summed E-state index contributed by atoms with van der Waals surface area (Å²) in [6.07, 6.45) is 0.749. The Morgan fingerprint density at radius 2 is 2.05 bits per heavy atom. The van der Waals surface area contributed by atoms with Gasteiger partial charge in [0.25, 0.3) is 0 Å². The Bertz CT molecular complexity index is 703. The minimum absolute atomic E-state index is 0.368. The number of nitrogens with two attached hydrogens (primary N) is 1. The summed E-state index contributed by atoms with van der Waals surface area (Å²) in [7, 11) is 0. The van der Waals surface area contributed by atoms with Crippen LogP contribution in [0, 0.1) is 0 Å². The normalized spacial score (nSPS) is 10.8. The molecule has 102 valence electrons. The van der Waals surface area contributed by atoms with Gasteiger partial charge in [-0.3, -0.25) is 0 Å². The molecular formula is C13H14N6O. The Hall–Kier alpha value is -2.70. The Labute approximate surface area is 115 Å². The lowest BCUT2D eigenvalue weighted by Gasteiger charge is -2.00. The van der Waals surface area contributed by atoms with Crippen LogP contribution in [0.2, 0.25) is 0 Å². The van der Waals surface area contributed by atoms with Gasteiger partial charge in [-0.1, -0.05) is 47.6 Å². The van der Waals surface area contributed by atoms with E-state index in [2.05, 4.69) is 20.5 Å². The molecule has 20 heavy (non-hydrogen) atoms. The standard InChI is InChI=1S/C13H14N6O/c1-2-10-12(14)16-18-19(10)8-11-15-13(17-20-11)9-6-4-3-5-7-9/h3-7H,2,8,14H2,1H3. The van der Waals surface area contributed by atoms with Gasteiger partial charge >= 0.3 is 0 Å². The molecule has 0 radical (unpaired) electrons. The second-order valence-electron chi connectivity index (χ2n) is 4.31. The predicted octanol–water partition coefficient (Wildman–Crippen LogP) is 1.52. The van der Waals surface area contributed by atoms with Crippen LogP contribution in [0.4, 0.5) is 5.82 Å². The molecule has 0 fully saturated rings. The first-order valence-electron chi connectivity index (χ1n) is 6.33. The molecule has 2 heterocycles. The number of nitrogen functional groups attached to an aromatic ring is 1. The van der Waals surface area contributed by atoms with E-state index in [0.29, 0.717) is 24.1 Å². The van der Waals surface area contributed by atoms with E-state index >= 15 is 0 Å². The first kappa shape index (κ1) is 12.3. The van der Waals surface area contributed by atoms with Gasteiger partial charge in [-0.2, -0.15) is 4.98 Å². The van der Waals surface area contributed by atoms with E-state index in [1.807, 2.05) is 37.3 Å². The van der Waals surface area contributed by atoms with E-state index < -0.39 is 0 Å². The smallest absolute Gasteiger partial charge is 0.248 e. The highest BCUT2D eigenvalue weighted by molar-refractivity contribution is 5.53. The number of rotatable bonds is 4. The topological polar surface area (TPSA) is 95.7 Å². The zero-order valence-corrected chi connectivity index (χ0v) is 11.0. The predicted molar refractivity (Wildman–Crippen MR) is 72.6 cm³/mol. The molecule has 3 rings (SSSR count). The van der Waals surface area contributed by atoms with Crippen LogP contribution >= 0.6 is 0 Å². The van der Waals surface area contributed by atoms with Gasteiger partial charge in [0.2, 0.25) is 11.7 Å². The second-order valence-corrected chi connectivity index (χ2v) is 4.31. The van der Waals surface area contributed by atoms with Gasteiger partial charge < -0.3 is 10.3 Å². The molecule has 7 heteroatoms. The summed E-state index contributed by atoms with van der Waals surface area (Å²) in [6, 6.07) is 9.66. The molecule has 0 aliphatic heterocycles. The molecule has 0 unspecified atom stereocenters. The van der Waals surface area contributed by atoms with Crippen molar-refractivity contribution in [1.29, 1.82) is 0 Å². The molecule has 7 nitrogen and oxygen atoms in total. The van der Waals surface area contributed by atoms with Crippen LogP contribution in [0.3, 0.4) is 0 Å². The fraction of sp³-hybridized carbons (Fsp3) is 0.231. The lowest BCUT2D eigenvalue weighted by atomic mass is 10.2. The summed E-state index contributed by atoms with van der Waals surface area (Å²) >= 11 is 0. The van der Waals surface area contributed by atoms with Gasteiger partial charge in [0.15, 0.2) is 5.82 Å². The molecule has 0 bridgehead atoms. The SMILES string of the molecule is CCc1c(N)nnn1Cc1nc(-c2ccccc2)no1. The van der Waals surface area contributed by atoms with Crippen LogP contribution in [0.25, 0.3) is 11.4 Å². The average Bonchev–Trinajstić information content (AvgIpc) is 3.08. The van der Waals surface area contributed by atoms with Crippen LogP contribution in [-0.4, -0.2) is 25.1 Å². The van der Waals surface area contributed by atoms with Crippen molar-refractivity contribution in [2.24, 2.45) is 0 Å². The Morgan fingerprint density at radius 3 is 2.80 bits per heavy atom. The third-order valence-electron chi connectivity index (χ3n) is 2.99. The molecule has 0 amide bonds. The van der Waals surface area contributed by atoms with Crippen molar-refractivity contribution >= 4 is 5.82 Å². The van der Waals surface area contributed by atoms with Crippen LogP contribution in [0.5, 0.6) is 0 Å². The van der Waals surface area contributed by atoms with Gasteiger partial charge in [-0.15, -0.1) is 5.10 Å². The van der Waals surface area contributed by atoms with E-state index in [0.717, 1.165) is 17.7 Å². The molecular weight excluding hydrogens is 256 g/mol. The molecule has 2 N–H and O–H groups in total. The van der Waals surface area contributed by atoms with Crippen LogP contribution in [0.15, 0.2) is 34.9 Å². The Morgan fingerprint density at radius 1 is 1.25 bits per heavy atom. The number of nitrogens with zero attached hydrogens (tertiary/aromatic N) is 5. The quantitative estimate of drug-likeness (QED) is 0.772. The summed E-state index contributed by atoms with van der Waals surface area (Å²) < 4.78 is 6.92. The van der Waals surface area contributed by atoms with Gasteiger partial charge in [0.05, 0.1) is 5.69 Å². The van der Waals surface area contributed by atoms with Gasteiger partial charge in [0.1, 0.15) is 6.54 Å². The maximum Gasteiger partial charge on any atom is 0.248 e. The molecule has 1 aromatic carbocycles. The first-order valence-corrected chi connectivity index (χ1v) is 6.33. The largest absolute Gasteiger partial charge is 0.381 e. The van der Waals surface area contributed by atoms with E-state index in [4.69, 9.17) is 10.3 Å². The first-order chi connectivity index (χ1) is 9.78. The maximum atomic E-state index is 5.74. The van der Waals surface area contributed by atoms with Crippen LogP contribution < -0.4 is 5.73 Å². The molecule has 0 atom stereocenters. The molecule has 3 aromatic rings.